The first kappa shape index (κ1) is 35.9. The summed E-state index contributed by atoms with van der Waals surface area (Å²) in [6.07, 6.45) is 3.03. The second-order valence-electron chi connectivity index (χ2n) is 14.6. The van der Waals surface area contributed by atoms with Crippen molar-refractivity contribution in [1.82, 2.24) is 24.0 Å². The highest BCUT2D eigenvalue weighted by Gasteiger charge is 2.30. The Kier molecular flexibility index (Phi) is 11.3. The van der Waals surface area contributed by atoms with Crippen molar-refractivity contribution in [3.63, 3.8) is 0 Å². The molecule has 3 aromatic rings. The number of hydrogen-bond donors (Lipinski definition) is 1. The number of benzene rings is 1. The average Bonchev–Trinajstić information content (AvgIpc) is 3.36. The van der Waals surface area contributed by atoms with Crippen molar-refractivity contribution >= 4 is 37.1 Å². The molecule has 0 radical (unpaired) electrons. The molecule has 1 amide bonds. The third-order valence-electron chi connectivity index (χ3n) is 7.82. The number of fused-ring (bicyclic) bond motifs is 1. The summed E-state index contributed by atoms with van der Waals surface area (Å²) in [7, 11) is -1.41. The van der Waals surface area contributed by atoms with Crippen LogP contribution in [0.25, 0.3) is 11.2 Å². The van der Waals surface area contributed by atoms with Gasteiger partial charge in [0.1, 0.15) is 12.3 Å². The predicted octanol–water partition coefficient (Wildman–Crippen LogP) is 5.01. The summed E-state index contributed by atoms with van der Waals surface area (Å²) in [5.74, 6) is 0.158. The Hall–Kier alpha value is -3.97. The number of anilines is 1. The van der Waals surface area contributed by atoms with Crippen LogP contribution in [0.3, 0.4) is 0 Å². The summed E-state index contributed by atoms with van der Waals surface area (Å²) in [6.45, 7) is 17.5. The van der Waals surface area contributed by atoms with Crippen LogP contribution >= 0.6 is 0 Å². The van der Waals surface area contributed by atoms with Gasteiger partial charge in [-0.1, -0.05) is 61.6 Å². The number of ether oxygens (including phenoxy) is 2. The molecule has 1 fully saturated rings. The smallest absolute Gasteiger partial charge is 0.407 e. The van der Waals surface area contributed by atoms with E-state index in [1.807, 2.05) is 50.2 Å². The second-order valence-corrected chi connectivity index (χ2v) is 20.3. The van der Waals surface area contributed by atoms with Gasteiger partial charge < -0.3 is 24.3 Å². The molecule has 0 saturated carbocycles. The Balaban J connectivity index is 1.82. The molecule has 47 heavy (non-hydrogen) atoms. The number of carbonyl (C=O) groups is 2. The van der Waals surface area contributed by atoms with Crippen molar-refractivity contribution < 1.29 is 19.1 Å². The van der Waals surface area contributed by atoms with E-state index in [1.54, 1.807) is 30.3 Å². The van der Waals surface area contributed by atoms with Gasteiger partial charge >= 0.3 is 11.8 Å². The van der Waals surface area contributed by atoms with E-state index in [-0.39, 0.29) is 29.7 Å². The van der Waals surface area contributed by atoms with E-state index in [0.29, 0.717) is 37.8 Å². The van der Waals surface area contributed by atoms with E-state index in [0.717, 1.165) is 29.0 Å². The van der Waals surface area contributed by atoms with Crippen molar-refractivity contribution in [3.8, 4) is 0 Å². The lowest BCUT2D eigenvalue weighted by molar-refractivity contribution is 0.0499. The first-order valence-corrected chi connectivity index (χ1v) is 20.0. The quantitative estimate of drug-likeness (QED) is 0.124. The van der Waals surface area contributed by atoms with Crippen LogP contribution in [0.5, 0.6) is 0 Å². The van der Waals surface area contributed by atoms with Gasteiger partial charge in [0, 0.05) is 45.9 Å². The van der Waals surface area contributed by atoms with Crippen molar-refractivity contribution in [2.24, 2.45) is 0 Å². The zero-order valence-electron chi connectivity index (χ0n) is 29.1. The Morgan fingerprint density at radius 2 is 1.77 bits per heavy atom. The first-order valence-electron chi connectivity index (χ1n) is 16.3. The number of aromatic nitrogens is 4. The van der Waals surface area contributed by atoms with Gasteiger partial charge in [-0.25, -0.2) is 9.59 Å². The monoisotopic (exact) mass is 666 g/mol. The number of ketones is 1. The third-order valence-corrected chi connectivity index (χ3v) is 9.52. The average molecular weight is 667 g/mol. The topological polar surface area (TPSA) is 130 Å². The maximum absolute atomic E-state index is 14.2. The molecule has 1 saturated heterocycles. The molecule has 0 aliphatic carbocycles. The van der Waals surface area contributed by atoms with Gasteiger partial charge in [0.25, 0.3) is 5.56 Å². The second kappa shape index (κ2) is 14.8. The summed E-state index contributed by atoms with van der Waals surface area (Å²) in [6, 6.07) is 9.32. The molecule has 2 aromatic heterocycles. The first-order chi connectivity index (χ1) is 22.0. The molecule has 4 rings (SSSR count). The molecule has 3 heterocycles. The van der Waals surface area contributed by atoms with Crippen molar-refractivity contribution in [2.45, 2.75) is 105 Å². The minimum atomic E-state index is -1.41. The lowest BCUT2D eigenvalue weighted by atomic mass is 10.1. The molecule has 13 heteroatoms. The van der Waals surface area contributed by atoms with Crippen molar-refractivity contribution in [2.75, 3.05) is 24.6 Å². The number of rotatable bonds is 12. The number of amides is 1. The SMILES string of the molecule is CC(C)=CCn1c(N2CCCC(NC(=O)OC(C)(C)C)C2)nc2c1c(=O)n(CC(=O)c1ccccc1)c(=O)n2COCC[Si](C)(C)C. The Morgan fingerprint density at radius 1 is 1.06 bits per heavy atom. The molecule has 1 N–H and O–H groups in total. The maximum Gasteiger partial charge on any atom is 0.407 e. The largest absolute Gasteiger partial charge is 0.444 e. The zero-order valence-corrected chi connectivity index (χ0v) is 30.1. The fourth-order valence-corrected chi connectivity index (χ4v) is 6.12. The molecule has 12 nitrogen and oxygen atoms in total. The van der Waals surface area contributed by atoms with Gasteiger partial charge in [-0.05, 0) is 53.5 Å². The molecule has 1 unspecified atom stereocenters. The number of Topliss-reactive ketones (excluding diaryl/α,β-unsaturated/α-hetero) is 1. The molecular weight excluding hydrogens is 616 g/mol. The molecule has 1 aliphatic rings. The molecule has 256 valence electrons. The van der Waals surface area contributed by atoms with Gasteiger partial charge in [0.15, 0.2) is 16.9 Å². The number of carbonyl (C=O) groups excluding carboxylic acids is 2. The van der Waals surface area contributed by atoms with E-state index in [9.17, 15) is 19.2 Å². The van der Waals surface area contributed by atoms with Gasteiger partial charge in [-0.15, -0.1) is 0 Å². The van der Waals surface area contributed by atoms with Crippen LogP contribution in [0.1, 0.15) is 57.8 Å². The molecule has 1 aromatic carbocycles. The summed E-state index contributed by atoms with van der Waals surface area (Å²) in [5.41, 5.74) is 0.00953. The molecular formula is C34H50N6O6Si. The van der Waals surface area contributed by atoms with Crippen LogP contribution in [0.15, 0.2) is 51.6 Å². The van der Waals surface area contributed by atoms with Crippen LogP contribution in [0.2, 0.25) is 25.7 Å². The minimum Gasteiger partial charge on any atom is -0.444 e. The summed E-state index contributed by atoms with van der Waals surface area (Å²) < 4.78 is 15.7. The fraction of sp³-hybridized carbons (Fsp3) is 0.559. The van der Waals surface area contributed by atoms with Crippen molar-refractivity contribution in [3.05, 3.63) is 68.4 Å². The number of piperidine rings is 1. The van der Waals surface area contributed by atoms with Crippen LogP contribution < -0.4 is 21.5 Å². The zero-order chi connectivity index (χ0) is 34.5. The number of imidazole rings is 1. The number of alkyl carbamates (subject to hydrolysis) is 1. The van der Waals surface area contributed by atoms with Gasteiger partial charge in [0.2, 0.25) is 5.95 Å². The fourth-order valence-electron chi connectivity index (χ4n) is 5.37. The highest BCUT2D eigenvalue weighted by molar-refractivity contribution is 6.76. The highest BCUT2D eigenvalue weighted by Crippen LogP contribution is 2.24. The highest BCUT2D eigenvalue weighted by atomic mass is 28.3. The molecule has 1 atom stereocenters. The van der Waals surface area contributed by atoms with Crippen LogP contribution in [0, 0.1) is 0 Å². The summed E-state index contributed by atoms with van der Waals surface area (Å²) in [4.78, 5) is 61.0. The molecule has 0 bridgehead atoms. The Labute approximate surface area is 277 Å². The van der Waals surface area contributed by atoms with Gasteiger partial charge in [-0.3, -0.25) is 18.7 Å². The molecule has 1 aliphatic heterocycles. The Morgan fingerprint density at radius 3 is 2.40 bits per heavy atom. The van der Waals surface area contributed by atoms with Crippen LogP contribution in [-0.4, -0.2) is 70.0 Å². The van der Waals surface area contributed by atoms with E-state index >= 15 is 0 Å². The van der Waals surface area contributed by atoms with Crippen molar-refractivity contribution in [1.29, 1.82) is 0 Å². The normalized spacial score (nSPS) is 15.5. The number of nitrogens with zero attached hydrogens (tertiary/aromatic N) is 5. The lowest BCUT2D eigenvalue weighted by Crippen LogP contribution is -2.49. The standard InChI is InChI=1S/C34H50N6O6Si/c1-24(2)16-18-38-28-29(36-31(38)37-17-12-15-26(21-37)35-32(43)46-34(3,4)5)40(23-45-19-20-47(6,7)8)33(44)39(30(28)42)22-27(41)25-13-10-9-11-14-25/h9-11,13-14,16,26H,12,15,17-23H2,1-8H3,(H,35,43). The minimum absolute atomic E-state index is 0.110. The van der Waals surface area contributed by atoms with Gasteiger partial charge in [0.05, 0.1) is 6.54 Å². The van der Waals surface area contributed by atoms with E-state index < -0.39 is 37.6 Å². The van der Waals surface area contributed by atoms with E-state index in [1.165, 1.54) is 4.57 Å². The predicted molar refractivity (Wildman–Crippen MR) is 187 cm³/mol. The number of hydrogen-bond acceptors (Lipinski definition) is 8. The van der Waals surface area contributed by atoms with E-state index in [4.69, 9.17) is 14.5 Å². The summed E-state index contributed by atoms with van der Waals surface area (Å²) in [5, 5.41) is 2.98. The van der Waals surface area contributed by atoms with Crippen LogP contribution in [-0.2, 0) is 29.3 Å². The summed E-state index contributed by atoms with van der Waals surface area (Å²) >= 11 is 0. The molecule has 0 spiro atoms. The Bertz CT molecular complexity index is 1720. The number of nitrogens with one attached hydrogen (secondary N) is 1. The van der Waals surface area contributed by atoms with E-state index in [2.05, 4.69) is 25.0 Å². The maximum atomic E-state index is 14.2. The lowest BCUT2D eigenvalue weighted by Gasteiger charge is -2.34. The van der Waals surface area contributed by atoms with Crippen LogP contribution in [0.4, 0.5) is 10.7 Å². The number of allylic oxidation sites excluding steroid dienone is 2. The van der Waals surface area contributed by atoms with Gasteiger partial charge in [-0.2, -0.15) is 4.98 Å². The third kappa shape index (κ3) is 9.54.